The monoisotopic (exact) mass is 633 g/mol. The lowest BCUT2D eigenvalue weighted by atomic mass is 9.81. The van der Waals surface area contributed by atoms with Crippen LogP contribution in [0.25, 0.3) is 22.2 Å². The molecule has 0 bridgehead atoms. The van der Waals surface area contributed by atoms with Crippen LogP contribution in [0.3, 0.4) is 0 Å². The topological polar surface area (TPSA) is 102 Å². The molecule has 0 unspecified atom stereocenters. The van der Waals surface area contributed by atoms with Gasteiger partial charge < -0.3 is 24.5 Å². The molecule has 3 aromatic carbocycles. The lowest BCUT2D eigenvalue weighted by molar-refractivity contribution is 0.0930. The Kier molecular flexibility index (Phi) is 8.39. The number of methoxy groups -OCH3 is 1. The Morgan fingerprint density at radius 1 is 1.04 bits per heavy atom. The molecule has 4 aromatic rings. The summed E-state index contributed by atoms with van der Waals surface area (Å²) in [4.78, 5) is 31.3. The van der Waals surface area contributed by atoms with E-state index in [1.54, 1.807) is 7.11 Å². The van der Waals surface area contributed by atoms with Crippen molar-refractivity contribution in [3.05, 3.63) is 76.9 Å². The molecule has 1 amide bonds. The van der Waals surface area contributed by atoms with E-state index in [4.69, 9.17) is 19.6 Å². The van der Waals surface area contributed by atoms with Crippen LogP contribution in [0.15, 0.2) is 59.6 Å². The van der Waals surface area contributed by atoms with Crippen molar-refractivity contribution in [1.82, 2.24) is 9.88 Å². The summed E-state index contributed by atoms with van der Waals surface area (Å²) in [6.07, 6.45) is 7.42. The van der Waals surface area contributed by atoms with Crippen molar-refractivity contribution < 1.29 is 24.2 Å². The van der Waals surface area contributed by atoms with E-state index >= 15 is 0 Å². The Hall–Kier alpha value is -4.43. The summed E-state index contributed by atoms with van der Waals surface area (Å²) < 4.78 is 14.1. The molecule has 3 heterocycles. The Bertz CT molecular complexity index is 1900. The van der Waals surface area contributed by atoms with Crippen molar-refractivity contribution in [3.63, 3.8) is 0 Å². The van der Waals surface area contributed by atoms with E-state index in [1.165, 1.54) is 35.9 Å². The van der Waals surface area contributed by atoms with Crippen molar-refractivity contribution in [3.8, 4) is 22.8 Å². The number of aliphatic hydroxyl groups is 1. The molecular formula is C39H43N3O5. The number of hydrogen-bond acceptors (Lipinski definition) is 6. The second-order valence-electron chi connectivity index (χ2n) is 13.6. The third-order valence-corrected chi connectivity index (χ3v) is 10.1. The minimum absolute atomic E-state index is 0.00171. The summed E-state index contributed by atoms with van der Waals surface area (Å²) in [5.41, 5.74) is 7.86. The number of benzene rings is 3. The van der Waals surface area contributed by atoms with Gasteiger partial charge in [0.2, 0.25) is 0 Å². The van der Waals surface area contributed by atoms with Gasteiger partial charge in [-0.1, -0.05) is 37.5 Å². The average molecular weight is 634 g/mol. The van der Waals surface area contributed by atoms with Gasteiger partial charge in [0.15, 0.2) is 5.78 Å². The fourth-order valence-corrected chi connectivity index (χ4v) is 7.57. The second kappa shape index (κ2) is 12.6. The van der Waals surface area contributed by atoms with Crippen LogP contribution < -0.4 is 14.8 Å². The number of ketones is 1. The number of Topliss-reactive ketones (excluding diaryl/α,β-unsaturated/α-hetero) is 1. The van der Waals surface area contributed by atoms with Crippen LogP contribution in [0.5, 0.6) is 11.5 Å². The van der Waals surface area contributed by atoms with Crippen molar-refractivity contribution in [2.45, 2.75) is 83.2 Å². The van der Waals surface area contributed by atoms with E-state index in [-0.39, 0.29) is 18.3 Å². The van der Waals surface area contributed by atoms with E-state index in [1.807, 2.05) is 56.3 Å². The zero-order valence-electron chi connectivity index (χ0n) is 27.5. The number of nitrogens with one attached hydrogen (secondary N) is 1. The summed E-state index contributed by atoms with van der Waals surface area (Å²) in [5.74, 6) is 1.92. The summed E-state index contributed by atoms with van der Waals surface area (Å²) in [6, 6.07) is 17.8. The lowest BCUT2D eigenvalue weighted by Crippen LogP contribution is -2.49. The summed E-state index contributed by atoms with van der Waals surface area (Å²) in [7, 11) is 1.68. The molecule has 1 aliphatic carbocycles. The van der Waals surface area contributed by atoms with E-state index in [2.05, 4.69) is 22.0 Å². The van der Waals surface area contributed by atoms with E-state index < -0.39 is 5.54 Å². The normalized spacial score (nSPS) is 16.0. The Labute approximate surface area is 275 Å². The molecule has 1 saturated carbocycles. The van der Waals surface area contributed by atoms with Gasteiger partial charge >= 0.3 is 0 Å². The van der Waals surface area contributed by atoms with Crippen molar-refractivity contribution in [2.24, 2.45) is 4.99 Å². The average Bonchev–Trinajstić information content (AvgIpc) is 3.61. The van der Waals surface area contributed by atoms with Gasteiger partial charge in [0.25, 0.3) is 5.91 Å². The smallest absolute Gasteiger partial charge is 0.252 e. The number of rotatable bonds is 9. The standard InChI is InChI=1S/C39H43N3O5/c1-39(2,35-22-25-11-12-26(20-31(25)40-35)33(44)10-7-18-43)41-38(45)27-13-15-29-32(21-27)42-17-19-47-34-23-28(46-3)14-16-30(34)37(42)36(29)24-8-5-4-6-9-24/h11-16,20-21,23-24,43H,4-10,17-19,22H2,1-3H3,(H,41,45). The van der Waals surface area contributed by atoms with Crippen LogP contribution in [-0.4, -0.2) is 52.9 Å². The highest BCUT2D eigenvalue weighted by molar-refractivity contribution is 6.07. The van der Waals surface area contributed by atoms with Crippen LogP contribution in [-0.2, 0) is 13.0 Å². The van der Waals surface area contributed by atoms with Gasteiger partial charge in [0, 0.05) is 58.8 Å². The molecule has 1 aromatic heterocycles. The molecule has 8 nitrogen and oxygen atoms in total. The van der Waals surface area contributed by atoms with Gasteiger partial charge in [-0.25, -0.2) is 0 Å². The number of fused-ring (bicyclic) bond motifs is 6. The second-order valence-corrected chi connectivity index (χ2v) is 13.6. The predicted octanol–water partition coefficient (Wildman–Crippen LogP) is 7.55. The summed E-state index contributed by atoms with van der Waals surface area (Å²) in [5, 5.41) is 13.6. The number of ether oxygens (including phenoxy) is 2. The van der Waals surface area contributed by atoms with Crippen LogP contribution in [0.1, 0.15) is 96.6 Å². The molecule has 0 atom stereocenters. The largest absolute Gasteiger partial charge is 0.497 e. The maximum atomic E-state index is 13.9. The molecule has 1 fully saturated rings. The Morgan fingerprint density at radius 3 is 2.64 bits per heavy atom. The number of hydrogen-bond donors (Lipinski definition) is 2. The predicted molar refractivity (Wildman–Crippen MR) is 185 cm³/mol. The highest BCUT2D eigenvalue weighted by Gasteiger charge is 2.33. The van der Waals surface area contributed by atoms with Crippen molar-refractivity contribution in [2.75, 3.05) is 20.3 Å². The highest BCUT2D eigenvalue weighted by Crippen LogP contribution is 2.48. The van der Waals surface area contributed by atoms with E-state index in [0.717, 1.165) is 52.4 Å². The quantitative estimate of drug-likeness (QED) is 0.185. The number of amides is 1. The number of aliphatic hydroxyl groups excluding tert-OH is 1. The number of carbonyl (C=O) groups excluding carboxylic acids is 2. The van der Waals surface area contributed by atoms with Gasteiger partial charge in [-0.15, -0.1) is 0 Å². The molecule has 2 aliphatic heterocycles. The lowest BCUT2D eigenvalue weighted by Gasteiger charge is -2.26. The molecule has 7 rings (SSSR count). The van der Waals surface area contributed by atoms with Crippen molar-refractivity contribution >= 4 is 34.0 Å². The van der Waals surface area contributed by atoms with Gasteiger partial charge in [0.05, 0.1) is 30.6 Å². The van der Waals surface area contributed by atoms with Crippen LogP contribution in [0, 0.1) is 0 Å². The fraction of sp³-hybridized carbons (Fsp3) is 0.410. The zero-order chi connectivity index (χ0) is 32.7. The van der Waals surface area contributed by atoms with Gasteiger partial charge in [-0.2, -0.15) is 0 Å². The van der Waals surface area contributed by atoms with E-state index in [9.17, 15) is 9.59 Å². The highest BCUT2D eigenvalue weighted by atomic mass is 16.5. The molecule has 3 aliphatic rings. The number of carbonyl (C=O) groups is 2. The number of nitrogens with zero attached hydrogens (tertiary/aromatic N) is 2. The van der Waals surface area contributed by atoms with Gasteiger partial charge in [0.1, 0.15) is 18.1 Å². The van der Waals surface area contributed by atoms with Crippen LogP contribution in [0.4, 0.5) is 5.69 Å². The number of aromatic nitrogens is 1. The maximum Gasteiger partial charge on any atom is 0.252 e. The first-order valence-corrected chi connectivity index (χ1v) is 16.9. The van der Waals surface area contributed by atoms with Gasteiger partial charge in [-0.3, -0.25) is 14.6 Å². The molecule has 0 spiro atoms. The molecule has 2 N–H and O–H groups in total. The first-order chi connectivity index (χ1) is 22.8. The van der Waals surface area contributed by atoms with Crippen LogP contribution >= 0.6 is 0 Å². The Morgan fingerprint density at radius 2 is 1.85 bits per heavy atom. The minimum Gasteiger partial charge on any atom is -0.497 e. The molecule has 47 heavy (non-hydrogen) atoms. The maximum absolute atomic E-state index is 13.9. The fourth-order valence-electron chi connectivity index (χ4n) is 7.57. The van der Waals surface area contributed by atoms with E-state index in [0.29, 0.717) is 49.5 Å². The molecule has 0 saturated heterocycles. The first kappa shape index (κ1) is 31.2. The minimum atomic E-state index is -0.707. The summed E-state index contributed by atoms with van der Waals surface area (Å²) in [6.45, 7) is 5.17. The zero-order valence-corrected chi connectivity index (χ0v) is 27.5. The Balaban J connectivity index is 1.21. The van der Waals surface area contributed by atoms with Gasteiger partial charge in [-0.05, 0) is 80.5 Å². The third kappa shape index (κ3) is 5.84. The molecular weight excluding hydrogens is 590 g/mol. The molecule has 244 valence electrons. The first-order valence-electron chi connectivity index (χ1n) is 16.9. The third-order valence-electron chi connectivity index (χ3n) is 10.1. The van der Waals surface area contributed by atoms with Crippen LogP contribution in [0.2, 0.25) is 0 Å². The number of aliphatic imine (C=N–C) groups is 1. The SMILES string of the molecule is COc1ccc2c(c1)OCCn1c-2c(C2CCCCC2)c2ccc(C(=O)NC(C)(C)C3=Nc4cc(C(=O)CCCO)ccc4C3)cc21. The van der Waals surface area contributed by atoms with Crippen molar-refractivity contribution in [1.29, 1.82) is 0 Å². The molecule has 8 heteroatoms. The summed E-state index contributed by atoms with van der Waals surface area (Å²) >= 11 is 0. The molecule has 0 radical (unpaired) electrons.